The van der Waals surface area contributed by atoms with Gasteiger partial charge in [0.25, 0.3) is 5.56 Å². The first kappa shape index (κ1) is 10.9. The van der Waals surface area contributed by atoms with Crippen LogP contribution in [0, 0.1) is 0 Å². The van der Waals surface area contributed by atoms with Gasteiger partial charge in [-0.05, 0) is 37.0 Å². The lowest BCUT2D eigenvalue weighted by Gasteiger charge is -2.00. The Hall–Kier alpha value is -2.01. The molecule has 0 amide bonds. The SMILES string of the molecule is O=c1[nH]c(-c2ccccn2)nc2sc3c(c12)CCC3. The Morgan fingerprint density at radius 1 is 1.26 bits per heavy atom. The van der Waals surface area contributed by atoms with Crippen LogP contribution in [0.5, 0.6) is 0 Å². The summed E-state index contributed by atoms with van der Waals surface area (Å²) in [6, 6.07) is 5.59. The summed E-state index contributed by atoms with van der Waals surface area (Å²) in [4.78, 5) is 26.1. The van der Waals surface area contributed by atoms with Crippen LogP contribution in [-0.2, 0) is 12.8 Å². The predicted molar refractivity (Wildman–Crippen MR) is 75.5 cm³/mol. The number of hydrogen-bond acceptors (Lipinski definition) is 4. The first-order valence-corrected chi connectivity index (χ1v) is 7.10. The molecule has 1 N–H and O–H groups in total. The Kier molecular flexibility index (Phi) is 2.29. The molecule has 0 saturated carbocycles. The molecule has 1 aliphatic rings. The van der Waals surface area contributed by atoms with E-state index in [1.54, 1.807) is 17.5 Å². The Labute approximate surface area is 113 Å². The van der Waals surface area contributed by atoms with Crippen molar-refractivity contribution >= 4 is 21.6 Å². The summed E-state index contributed by atoms with van der Waals surface area (Å²) < 4.78 is 0. The fourth-order valence-electron chi connectivity index (χ4n) is 2.63. The van der Waals surface area contributed by atoms with Crippen molar-refractivity contribution in [1.29, 1.82) is 0 Å². The number of hydrogen-bond donors (Lipinski definition) is 1. The van der Waals surface area contributed by atoms with Crippen molar-refractivity contribution in [3.8, 4) is 11.5 Å². The van der Waals surface area contributed by atoms with Gasteiger partial charge in [-0.15, -0.1) is 11.3 Å². The summed E-state index contributed by atoms with van der Waals surface area (Å²) in [7, 11) is 0. The third-order valence-corrected chi connectivity index (χ3v) is 4.67. The number of aromatic amines is 1. The molecule has 3 heterocycles. The van der Waals surface area contributed by atoms with Gasteiger partial charge in [0.2, 0.25) is 0 Å². The van der Waals surface area contributed by atoms with Crippen molar-refractivity contribution in [2.75, 3.05) is 0 Å². The maximum atomic E-state index is 12.3. The first-order chi connectivity index (χ1) is 9.33. The number of pyridine rings is 1. The quantitative estimate of drug-likeness (QED) is 0.738. The Balaban J connectivity index is 2.00. The molecule has 3 aromatic heterocycles. The molecule has 0 aromatic carbocycles. The second-order valence-electron chi connectivity index (χ2n) is 4.67. The summed E-state index contributed by atoms with van der Waals surface area (Å²) in [5.74, 6) is 0.554. The van der Waals surface area contributed by atoms with Crippen LogP contribution in [-0.4, -0.2) is 15.0 Å². The van der Waals surface area contributed by atoms with Crippen LogP contribution in [0.4, 0.5) is 0 Å². The predicted octanol–water partition coefficient (Wildman–Crippen LogP) is 2.54. The maximum Gasteiger partial charge on any atom is 0.260 e. The zero-order valence-electron chi connectivity index (χ0n) is 10.1. The van der Waals surface area contributed by atoms with E-state index in [0.717, 1.165) is 29.5 Å². The van der Waals surface area contributed by atoms with Crippen molar-refractivity contribution in [3.05, 3.63) is 45.2 Å². The minimum absolute atomic E-state index is 0.0370. The minimum Gasteiger partial charge on any atom is -0.305 e. The number of thiophene rings is 1. The highest BCUT2D eigenvalue weighted by atomic mass is 32.1. The van der Waals surface area contributed by atoms with Gasteiger partial charge in [-0.2, -0.15) is 0 Å². The van der Waals surface area contributed by atoms with Gasteiger partial charge < -0.3 is 4.98 Å². The van der Waals surface area contributed by atoms with Crippen molar-refractivity contribution in [1.82, 2.24) is 15.0 Å². The van der Waals surface area contributed by atoms with Crippen molar-refractivity contribution in [2.24, 2.45) is 0 Å². The fourth-order valence-corrected chi connectivity index (χ4v) is 3.89. The molecule has 19 heavy (non-hydrogen) atoms. The lowest BCUT2D eigenvalue weighted by molar-refractivity contribution is 0.916. The van der Waals surface area contributed by atoms with E-state index < -0.39 is 0 Å². The van der Waals surface area contributed by atoms with Crippen molar-refractivity contribution in [3.63, 3.8) is 0 Å². The standard InChI is InChI=1S/C14H11N3OS/c18-13-11-8-4-3-6-10(8)19-14(11)17-12(16-13)9-5-1-2-7-15-9/h1-2,5,7H,3-4,6H2,(H,16,17,18). The third kappa shape index (κ3) is 1.62. The fraction of sp³-hybridized carbons (Fsp3) is 0.214. The summed E-state index contributed by atoms with van der Waals surface area (Å²) >= 11 is 1.65. The zero-order chi connectivity index (χ0) is 12.8. The van der Waals surface area contributed by atoms with Crippen molar-refractivity contribution in [2.45, 2.75) is 19.3 Å². The molecule has 0 spiro atoms. The summed E-state index contributed by atoms with van der Waals surface area (Å²) in [6.45, 7) is 0. The van der Waals surface area contributed by atoms with E-state index >= 15 is 0 Å². The number of H-pyrrole nitrogens is 1. The average molecular weight is 269 g/mol. The molecule has 4 rings (SSSR count). The van der Waals surface area contributed by atoms with Crippen LogP contribution in [0.1, 0.15) is 16.9 Å². The molecular weight excluding hydrogens is 258 g/mol. The van der Waals surface area contributed by atoms with E-state index in [4.69, 9.17) is 0 Å². The van der Waals surface area contributed by atoms with Crippen LogP contribution in [0.15, 0.2) is 29.2 Å². The normalized spacial score (nSPS) is 13.9. The molecule has 1 aliphatic carbocycles. The van der Waals surface area contributed by atoms with Gasteiger partial charge in [0.15, 0.2) is 5.82 Å². The summed E-state index contributed by atoms with van der Waals surface area (Å²) in [5.41, 5.74) is 1.88. The first-order valence-electron chi connectivity index (χ1n) is 6.29. The number of rotatable bonds is 1. The molecule has 0 radical (unpaired) electrons. The monoisotopic (exact) mass is 269 g/mol. The number of aryl methyl sites for hydroxylation is 2. The highest BCUT2D eigenvalue weighted by Crippen LogP contribution is 2.34. The van der Waals surface area contributed by atoms with Gasteiger partial charge in [-0.3, -0.25) is 9.78 Å². The third-order valence-electron chi connectivity index (χ3n) is 3.48. The smallest absolute Gasteiger partial charge is 0.260 e. The average Bonchev–Trinajstić information content (AvgIpc) is 2.99. The molecule has 94 valence electrons. The van der Waals surface area contributed by atoms with Crippen LogP contribution >= 0.6 is 11.3 Å². The molecule has 0 bridgehead atoms. The van der Waals surface area contributed by atoms with E-state index in [1.807, 2.05) is 18.2 Å². The number of fused-ring (bicyclic) bond motifs is 3. The lowest BCUT2D eigenvalue weighted by Crippen LogP contribution is -2.09. The van der Waals surface area contributed by atoms with Gasteiger partial charge >= 0.3 is 0 Å². The molecule has 0 fully saturated rings. The van der Waals surface area contributed by atoms with Gasteiger partial charge in [-0.25, -0.2) is 4.98 Å². The molecule has 0 atom stereocenters. The van der Waals surface area contributed by atoms with E-state index in [0.29, 0.717) is 11.5 Å². The van der Waals surface area contributed by atoms with E-state index in [2.05, 4.69) is 15.0 Å². The second-order valence-corrected chi connectivity index (χ2v) is 5.75. The topological polar surface area (TPSA) is 58.6 Å². The van der Waals surface area contributed by atoms with Crippen molar-refractivity contribution < 1.29 is 0 Å². The van der Waals surface area contributed by atoms with Gasteiger partial charge in [0, 0.05) is 11.1 Å². The Bertz CT molecular complexity index is 820. The summed E-state index contributed by atoms with van der Waals surface area (Å²) in [6.07, 6.45) is 4.93. The van der Waals surface area contributed by atoms with Crippen LogP contribution in [0.2, 0.25) is 0 Å². The van der Waals surface area contributed by atoms with Gasteiger partial charge in [0.1, 0.15) is 10.5 Å². The molecule has 0 saturated heterocycles. The lowest BCUT2D eigenvalue weighted by atomic mass is 10.2. The molecule has 5 heteroatoms. The largest absolute Gasteiger partial charge is 0.305 e. The van der Waals surface area contributed by atoms with Gasteiger partial charge in [0.05, 0.1) is 5.39 Å². The zero-order valence-corrected chi connectivity index (χ0v) is 11.0. The van der Waals surface area contributed by atoms with Gasteiger partial charge in [-0.1, -0.05) is 6.07 Å². The Morgan fingerprint density at radius 2 is 2.21 bits per heavy atom. The maximum absolute atomic E-state index is 12.3. The number of nitrogens with zero attached hydrogens (tertiary/aromatic N) is 2. The van der Waals surface area contributed by atoms with E-state index in [9.17, 15) is 4.79 Å². The number of nitrogens with one attached hydrogen (secondary N) is 1. The van der Waals surface area contributed by atoms with E-state index in [1.165, 1.54) is 10.4 Å². The number of aromatic nitrogens is 3. The molecule has 0 unspecified atom stereocenters. The van der Waals surface area contributed by atoms with Crippen LogP contribution in [0.3, 0.4) is 0 Å². The Morgan fingerprint density at radius 3 is 3.05 bits per heavy atom. The minimum atomic E-state index is -0.0370. The summed E-state index contributed by atoms with van der Waals surface area (Å²) in [5, 5.41) is 0.789. The van der Waals surface area contributed by atoms with Crippen LogP contribution < -0.4 is 5.56 Å². The highest BCUT2D eigenvalue weighted by molar-refractivity contribution is 7.18. The van der Waals surface area contributed by atoms with Crippen LogP contribution in [0.25, 0.3) is 21.7 Å². The second kappa shape index (κ2) is 3.99. The molecule has 4 nitrogen and oxygen atoms in total. The molecule has 3 aromatic rings. The molecule has 0 aliphatic heterocycles. The van der Waals surface area contributed by atoms with E-state index in [-0.39, 0.29) is 5.56 Å². The highest BCUT2D eigenvalue weighted by Gasteiger charge is 2.21. The molecular formula is C14H11N3OS.